The van der Waals surface area contributed by atoms with Gasteiger partial charge in [0.1, 0.15) is 11.2 Å². The number of aromatic nitrogens is 5. The van der Waals surface area contributed by atoms with Gasteiger partial charge in [0.25, 0.3) is 5.91 Å². The molecule has 1 aliphatic heterocycles. The third-order valence-corrected chi connectivity index (χ3v) is 5.51. The van der Waals surface area contributed by atoms with Gasteiger partial charge in [-0.15, -0.1) is 0 Å². The molecule has 0 radical (unpaired) electrons. The van der Waals surface area contributed by atoms with Gasteiger partial charge in [-0.3, -0.25) is 13.9 Å². The summed E-state index contributed by atoms with van der Waals surface area (Å²) in [4.78, 5) is 37.4. The highest BCUT2D eigenvalue weighted by Crippen LogP contribution is 2.26. The first-order chi connectivity index (χ1) is 13.9. The lowest BCUT2D eigenvalue weighted by atomic mass is 10.1. The Bertz CT molecular complexity index is 1160. The molecule has 152 valence electrons. The number of nitrogens with one attached hydrogen (secondary N) is 1. The fraction of sp³-hybridized carbons (Fsp3) is 0.421. The lowest BCUT2D eigenvalue weighted by Gasteiger charge is -2.22. The fourth-order valence-corrected chi connectivity index (χ4v) is 3.67. The second-order valence-corrected chi connectivity index (χ2v) is 7.22. The van der Waals surface area contributed by atoms with E-state index in [1.54, 1.807) is 29.3 Å². The van der Waals surface area contributed by atoms with E-state index in [9.17, 15) is 9.59 Å². The highest BCUT2D eigenvalue weighted by molar-refractivity contribution is 5.93. The van der Waals surface area contributed by atoms with Crippen molar-refractivity contribution < 1.29 is 9.53 Å². The molecule has 3 N–H and O–H groups in total. The van der Waals surface area contributed by atoms with Crippen molar-refractivity contribution in [3.05, 3.63) is 39.7 Å². The third kappa shape index (κ3) is 3.25. The Labute approximate surface area is 166 Å². The molecule has 10 heteroatoms. The summed E-state index contributed by atoms with van der Waals surface area (Å²) in [6, 6.07) is 0.0446. The topological polar surface area (TPSA) is 130 Å². The second-order valence-electron chi connectivity index (χ2n) is 7.22. The molecule has 0 spiro atoms. The standard InChI is InChI=1S/C19H23N7O3/c1-10-11(2)15(16(20)27)21-8-13(10)23-18-22-9-14-17(24-18)26(19(28)25(14)3)12-4-6-29-7-5-12/h8-9,12H,4-7H2,1-3H3,(H2,20,27)(H,22,23,24). The zero-order valence-corrected chi connectivity index (χ0v) is 16.6. The number of nitrogens with zero attached hydrogens (tertiary/aromatic N) is 5. The normalized spacial score (nSPS) is 15.0. The maximum Gasteiger partial charge on any atom is 0.330 e. The molecule has 0 saturated carbocycles. The van der Waals surface area contributed by atoms with E-state index in [0.29, 0.717) is 41.6 Å². The third-order valence-electron chi connectivity index (χ3n) is 5.51. The number of hydrogen-bond acceptors (Lipinski definition) is 7. The number of carbonyl (C=O) groups excluding carboxylic acids is 1. The molecule has 0 atom stereocenters. The zero-order valence-electron chi connectivity index (χ0n) is 16.6. The molecule has 0 bridgehead atoms. The maximum absolute atomic E-state index is 12.8. The molecular weight excluding hydrogens is 374 g/mol. The molecule has 1 aliphatic rings. The number of anilines is 2. The van der Waals surface area contributed by atoms with Crippen molar-refractivity contribution in [1.82, 2.24) is 24.1 Å². The van der Waals surface area contributed by atoms with Crippen molar-refractivity contribution >= 4 is 28.7 Å². The minimum absolute atomic E-state index is 0.0446. The lowest BCUT2D eigenvalue weighted by molar-refractivity contribution is 0.0695. The van der Waals surface area contributed by atoms with Crippen LogP contribution in [0.4, 0.5) is 11.6 Å². The van der Waals surface area contributed by atoms with E-state index < -0.39 is 5.91 Å². The monoisotopic (exact) mass is 397 g/mol. The second kappa shape index (κ2) is 7.28. The average molecular weight is 397 g/mol. The van der Waals surface area contributed by atoms with Crippen LogP contribution >= 0.6 is 0 Å². The first-order valence-corrected chi connectivity index (χ1v) is 9.43. The molecule has 1 amide bonds. The molecule has 0 aliphatic carbocycles. The minimum Gasteiger partial charge on any atom is -0.381 e. The van der Waals surface area contributed by atoms with Crippen molar-refractivity contribution in [2.45, 2.75) is 32.7 Å². The molecule has 3 aromatic heterocycles. The molecule has 1 fully saturated rings. The molecule has 0 unspecified atom stereocenters. The number of imidazole rings is 1. The maximum atomic E-state index is 12.8. The van der Waals surface area contributed by atoms with Gasteiger partial charge in [-0.05, 0) is 37.8 Å². The highest BCUT2D eigenvalue weighted by Gasteiger charge is 2.23. The Morgan fingerprint density at radius 3 is 2.62 bits per heavy atom. The van der Waals surface area contributed by atoms with Crippen LogP contribution in [0.3, 0.4) is 0 Å². The summed E-state index contributed by atoms with van der Waals surface area (Å²) in [5.41, 5.74) is 8.93. The van der Waals surface area contributed by atoms with Crippen LogP contribution in [0, 0.1) is 13.8 Å². The SMILES string of the molecule is Cc1c(Nc2ncc3c(n2)n(C2CCOCC2)c(=O)n3C)cnc(C(N)=O)c1C. The van der Waals surface area contributed by atoms with E-state index >= 15 is 0 Å². The quantitative estimate of drug-likeness (QED) is 0.679. The van der Waals surface area contributed by atoms with E-state index in [2.05, 4.69) is 20.3 Å². The van der Waals surface area contributed by atoms with Gasteiger partial charge >= 0.3 is 5.69 Å². The Hall–Kier alpha value is -3.27. The highest BCUT2D eigenvalue weighted by atomic mass is 16.5. The molecule has 1 saturated heterocycles. The minimum atomic E-state index is -0.570. The van der Waals surface area contributed by atoms with Gasteiger partial charge in [0.05, 0.1) is 18.1 Å². The van der Waals surface area contributed by atoms with Gasteiger partial charge in [-0.2, -0.15) is 4.98 Å². The summed E-state index contributed by atoms with van der Waals surface area (Å²) < 4.78 is 8.72. The Kier molecular flexibility index (Phi) is 4.79. The number of aryl methyl sites for hydroxylation is 1. The van der Waals surface area contributed by atoms with Crippen molar-refractivity contribution in [1.29, 1.82) is 0 Å². The Morgan fingerprint density at radius 2 is 1.93 bits per heavy atom. The van der Waals surface area contributed by atoms with Crippen LogP contribution < -0.4 is 16.7 Å². The van der Waals surface area contributed by atoms with Crippen LogP contribution in [-0.4, -0.2) is 43.2 Å². The molecule has 29 heavy (non-hydrogen) atoms. The molecule has 3 aromatic rings. The number of carbonyl (C=O) groups is 1. The van der Waals surface area contributed by atoms with Crippen LogP contribution in [0.15, 0.2) is 17.2 Å². The number of fused-ring (bicyclic) bond motifs is 1. The van der Waals surface area contributed by atoms with E-state index in [-0.39, 0.29) is 17.4 Å². The number of nitrogens with two attached hydrogens (primary N) is 1. The summed E-state index contributed by atoms with van der Waals surface area (Å²) in [6.07, 6.45) is 4.70. The van der Waals surface area contributed by atoms with Gasteiger partial charge in [-0.1, -0.05) is 0 Å². The largest absolute Gasteiger partial charge is 0.381 e. The summed E-state index contributed by atoms with van der Waals surface area (Å²) in [5, 5.41) is 3.14. The predicted molar refractivity (Wildman–Crippen MR) is 107 cm³/mol. The van der Waals surface area contributed by atoms with E-state index in [1.165, 1.54) is 6.20 Å². The molecule has 10 nitrogen and oxygen atoms in total. The lowest BCUT2D eigenvalue weighted by Crippen LogP contribution is -2.30. The van der Waals surface area contributed by atoms with Crippen LogP contribution in [0.5, 0.6) is 0 Å². The van der Waals surface area contributed by atoms with E-state index in [0.717, 1.165) is 18.4 Å². The van der Waals surface area contributed by atoms with E-state index in [4.69, 9.17) is 10.5 Å². The van der Waals surface area contributed by atoms with Crippen LogP contribution in [0.1, 0.15) is 40.5 Å². The van der Waals surface area contributed by atoms with Gasteiger partial charge < -0.3 is 15.8 Å². The van der Waals surface area contributed by atoms with Crippen LogP contribution in [-0.2, 0) is 11.8 Å². The number of hydrogen-bond donors (Lipinski definition) is 2. The first-order valence-electron chi connectivity index (χ1n) is 9.43. The molecular formula is C19H23N7O3. The molecule has 4 rings (SSSR count). The summed E-state index contributed by atoms with van der Waals surface area (Å²) in [7, 11) is 1.72. The number of rotatable bonds is 4. The smallest absolute Gasteiger partial charge is 0.330 e. The van der Waals surface area contributed by atoms with Crippen LogP contribution in [0.2, 0.25) is 0 Å². The number of amides is 1. The summed E-state index contributed by atoms with van der Waals surface area (Å²) in [6.45, 7) is 4.91. The van der Waals surface area contributed by atoms with Gasteiger partial charge in [0.15, 0.2) is 5.65 Å². The van der Waals surface area contributed by atoms with Crippen molar-refractivity contribution in [2.24, 2.45) is 12.8 Å². The number of primary amides is 1. The van der Waals surface area contributed by atoms with Crippen molar-refractivity contribution in [2.75, 3.05) is 18.5 Å². The van der Waals surface area contributed by atoms with Crippen molar-refractivity contribution in [3.8, 4) is 0 Å². The zero-order chi connectivity index (χ0) is 20.7. The Morgan fingerprint density at radius 1 is 1.21 bits per heavy atom. The Balaban J connectivity index is 1.75. The molecule has 4 heterocycles. The number of pyridine rings is 1. The number of ether oxygens (including phenoxy) is 1. The summed E-state index contributed by atoms with van der Waals surface area (Å²) >= 11 is 0. The summed E-state index contributed by atoms with van der Waals surface area (Å²) in [5.74, 6) is -0.223. The fourth-order valence-electron chi connectivity index (χ4n) is 3.67. The van der Waals surface area contributed by atoms with Crippen molar-refractivity contribution in [3.63, 3.8) is 0 Å². The van der Waals surface area contributed by atoms with Gasteiger partial charge in [-0.25, -0.2) is 14.8 Å². The van der Waals surface area contributed by atoms with Crippen LogP contribution in [0.25, 0.3) is 11.2 Å². The predicted octanol–water partition coefficient (Wildman–Crippen LogP) is 1.34. The average Bonchev–Trinajstić information content (AvgIpc) is 2.96. The van der Waals surface area contributed by atoms with Gasteiger partial charge in [0.2, 0.25) is 5.95 Å². The molecule has 0 aromatic carbocycles. The van der Waals surface area contributed by atoms with E-state index in [1.807, 2.05) is 6.92 Å². The van der Waals surface area contributed by atoms with Gasteiger partial charge in [0, 0.05) is 26.3 Å². The first kappa shape index (κ1) is 19.1.